The van der Waals surface area contributed by atoms with Crippen LogP contribution in [0.4, 0.5) is 21.6 Å². The average Bonchev–Trinajstić information content (AvgIpc) is 3.04. The molecule has 5 rings (SSSR count). The second kappa shape index (κ2) is 14.2. The average molecular weight is 648 g/mol. The fraction of sp³-hybridized carbons (Fsp3) is 0.219. The number of carbonyl (C=O) groups is 3. The molecule has 1 aliphatic rings. The number of halogens is 1. The van der Waals surface area contributed by atoms with E-state index in [1.54, 1.807) is 57.4 Å². The van der Waals surface area contributed by atoms with E-state index >= 15 is 0 Å². The highest BCUT2D eigenvalue weighted by molar-refractivity contribution is 6.07. The predicted molar refractivity (Wildman–Crippen MR) is 165 cm³/mol. The number of carbonyl (C=O) groups excluding carboxylic acids is 3. The van der Waals surface area contributed by atoms with Gasteiger partial charge in [0.25, 0.3) is 5.91 Å². The molecule has 15 heteroatoms. The topological polar surface area (TPSA) is 182 Å². The van der Waals surface area contributed by atoms with E-state index in [1.807, 2.05) is 0 Å². The minimum absolute atomic E-state index is 0.131. The Labute approximate surface area is 267 Å². The van der Waals surface area contributed by atoms with Gasteiger partial charge in [0.15, 0.2) is 18.0 Å². The van der Waals surface area contributed by atoms with Gasteiger partial charge >= 0.3 is 11.9 Å². The molecular weight excluding hydrogens is 617 g/mol. The number of benzene rings is 3. The molecule has 1 aliphatic heterocycles. The Morgan fingerprint density at radius 3 is 2.23 bits per heavy atom. The van der Waals surface area contributed by atoms with Gasteiger partial charge in [0.1, 0.15) is 35.2 Å². The van der Waals surface area contributed by atoms with E-state index in [-0.39, 0.29) is 36.2 Å². The third kappa shape index (κ3) is 7.78. The van der Waals surface area contributed by atoms with E-state index in [9.17, 15) is 29.0 Å². The molecule has 14 nitrogen and oxygen atoms in total. The van der Waals surface area contributed by atoms with Crippen molar-refractivity contribution >= 4 is 45.9 Å². The van der Waals surface area contributed by atoms with Crippen molar-refractivity contribution in [2.45, 2.75) is 19.1 Å². The Hall–Kier alpha value is -5.64. The molecule has 4 aromatic rings. The van der Waals surface area contributed by atoms with Gasteiger partial charge in [-0.2, -0.15) is 0 Å². The monoisotopic (exact) mass is 647 g/mol. The van der Waals surface area contributed by atoms with Crippen LogP contribution in [0.5, 0.6) is 17.2 Å². The van der Waals surface area contributed by atoms with Gasteiger partial charge in [-0.3, -0.25) is 4.79 Å². The third-order valence-corrected chi connectivity index (χ3v) is 6.58. The van der Waals surface area contributed by atoms with Gasteiger partial charge in [-0.05, 0) is 75.6 Å². The van der Waals surface area contributed by atoms with Gasteiger partial charge in [0.2, 0.25) is 5.76 Å². The van der Waals surface area contributed by atoms with Crippen LogP contribution >= 0.6 is 0 Å². The lowest BCUT2D eigenvalue weighted by atomic mass is 10.1. The molecule has 2 atom stereocenters. The first-order valence-corrected chi connectivity index (χ1v) is 14.2. The molecule has 0 bridgehead atoms. The van der Waals surface area contributed by atoms with Crippen molar-refractivity contribution < 1.29 is 47.9 Å². The van der Waals surface area contributed by atoms with Gasteiger partial charge in [-0.25, -0.2) is 23.9 Å². The highest BCUT2D eigenvalue weighted by Crippen LogP contribution is 2.34. The number of aromatic nitrogens is 2. The molecule has 244 valence electrons. The van der Waals surface area contributed by atoms with Gasteiger partial charge in [-0.1, -0.05) is 0 Å². The Kier molecular flexibility index (Phi) is 9.89. The first-order chi connectivity index (χ1) is 22.5. The molecule has 0 fully saturated rings. The van der Waals surface area contributed by atoms with E-state index in [4.69, 9.17) is 18.9 Å². The lowest BCUT2D eigenvalue weighted by Gasteiger charge is -2.24. The van der Waals surface area contributed by atoms with Crippen LogP contribution in [0.15, 0.2) is 78.5 Å². The molecular formula is C32H30FN5O9. The molecule has 2 heterocycles. The Balaban J connectivity index is 1.45. The zero-order valence-corrected chi connectivity index (χ0v) is 25.4. The SMILES string of the molecule is CCOc1cc2ncnc(Nc3ccc(Oc4ccc(F)cc4)cc3)c2cc1NC(=O)/C1=C(/CN(C)C)OC(=O)C(O)C(O)C(=O)O1. The Bertz CT molecular complexity index is 1830. The first kappa shape index (κ1) is 32.7. The number of cyclic esters (lactones) is 2. The van der Waals surface area contributed by atoms with E-state index in [2.05, 4.69) is 20.6 Å². The summed E-state index contributed by atoms with van der Waals surface area (Å²) in [5, 5.41) is 26.2. The second-order valence-electron chi connectivity index (χ2n) is 10.4. The summed E-state index contributed by atoms with van der Waals surface area (Å²) in [5.41, 5.74) is 1.24. The van der Waals surface area contributed by atoms with Crippen LogP contribution in [-0.2, 0) is 23.9 Å². The molecule has 0 radical (unpaired) electrons. The fourth-order valence-electron chi connectivity index (χ4n) is 4.39. The van der Waals surface area contributed by atoms with Crippen LogP contribution in [0.3, 0.4) is 0 Å². The normalized spacial score (nSPS) is 18.2. The summed E-state index contributed by atoms with van der Waals surface area (Å²) in [5.74, 6) is -3.61. The number of amides is 1. The highest BCUT2D eigenvalue weighted by Gasteiger charge is 2.39. The van der Waals surface area contributed by atoms with Gasteiger partial charge in [0.05, 0.1) is 24.4 Å². The van der Waals surface area contributed by atoms with Crippen LogP contribution in [-0.4, -0.2) is 82.4 Å². The van der Waals surface area contributed by atoms with E-state index in [0.717, 1.165) is 0 Å². The number of nitrogens with zero attached hydrogens (tertiary/aromatic N) is 3. The number of hydrogen-bond donors (Lipinski definition) is 4. The van der Waals surface area contributed by atoms with Gasteiger partial charge < -0.3 is 44.7 Å². The number of nitrogens with one attached hydrogen (secondary N) is 2. The van der Waals surface area contributed by atoms with Crippen LogP contribution in [0.1, 0.15) is 6.92 Å². The van der Waals surface area contributed by atoms with Crippen LogP contribution in [0, 0.1) is 5.82 Å². The standard InChI is InChI=1S/C32H30FN5O9/c1-4-44-24-14-22-21(29(35-16-34-22)36-18-7-11-20(12-8-18)45-19-9-5-17(33)6-10-19)13-23(24)37-30(41)28-25(15-38(2)3)46-31(42)26(39)27(40)32(43)47-28/h5-14,16,26-27,39-40H,4,15H2,1-3H3,(H,37,41)(H,34,35,36)/b28-25+. The van der Waals surface area contributed by atoms with Crippen LogP contribution in [0.2, 0.25) is 0 Å². The second-order valence-corrected chi connectivity index (χ2v) is 10.4. The molecule has 0 saturated heterocycles. The van der Waals surface area contributed by atoms with Gasteiger partial charge in [0, 0.05) is 17.1 Å². The van der Waals surface area contributed by atoms with E-state index < -0.39 is 35.8 Å². The quantitative estimate of drug-likeness (QED) is 0.184. The fourth-order valence-corrected chi connectivity index (χ4v) is 4.39. The first-order valence-electron chi connectivity index (χ1n) is 14.2. The molecule has 1 amide bonds. The number of likely N-dealkylation sites (N-methyl/N-ethyl adjacent to an activating group) is 1. The summed E-state index contributed by atoms with van der Waals surface area (Å²) in [7, 11) is 3.22. The van der Waals surface area contributed by atoms with Gasteiger partial charge in [-0.15, -0.1) is 0 Å². The van der Waals surface area contributed by atoms with Crippen molar-refractivity contribution in [3.8, 4) is 17.2 Å². The maximum atomic E-state index is 13.6. The number of esters is 2. The van der Waals surface area contributed by atoms with Crippen molar-refractivity contribution in [3.63, 3.8) is 0 Å². The summed E-state index contributed by atoms with van der Waals surface area (Å²) in [6.07, 6.45) is -3.13. The minimum atomic E-state index is -2.28. The molecule has 2 unspecified atom stereocenters. The van der Waals surface area contributed by atoms with Crippen molar-refractivity contribution in [1.29, 1.82) is 0 Å². The molecule has 4 N–H and O–H groups in total. The van der Waals surface area contributed by atoms with Crippen molar-refractivity contribution in [2.24, 2.45) is 0 Å². The number of aliphatic hydroxyl groups excluding tert-OH is 2. The lowest BCUT2D eigenvalue weighted by molar-refractivity contribution is -0.173. The van der Waals surface area contributed by atoms with E-state index in [0.29, 0.717) is 33.9 Å². The van der Waals surface area contributed by atoms with Crippen molar-refractivity contribution in [3.05, 3.63) is 84.3 Å². The zero-order valence-electron chi connectivity index (χ0n) is 25.4. The number of ether oxygens (including phenoxy) is 4. The molecule has 0 saturated carbocycles. The predicted octanol–water partition coefficient (Wildman–Crippen LogP) is 3.24. The van der Waals surface area contributed by atoms with Crippen LogP contribution in [0.25, 0.3) is 10.9 Å². The Morgan fingerprint density at radius 2 is 1.60 bits per heavy atom. The Morgan fingerprint density at radius 1 is 0.957 bits per heavy atom. The number of anilines is 3. The summed E-state index contributed by atoms with van der Waals surface area (Å²) >= 11 is 0. The number of rotatable bonds is 10. The van der Waals surface area contributed by atoms with E-state index in [1.165, 1.54) is 35.5 Å². The highest BCUT2D eigenvalue weighted by atomic mass is 19.1. The summed E-state index contributed by atoms with van der Waals surface area (Å²) < 4.78 is 35.0. The van der Waals surface area contributed by atoms with Crippen molar-refractivity contribution in [1.82, 2.24) is 14.9 Å². The number of aliphatic hydroxyl groups is 2. The summed E-state index contributed by atoms with van der Waals surface area (Å²) in [6, 6.07) is 15.7. The third-order valence-electron chi connectivity index (χ3n) is 6.58. The zero-order chi connectivity index (χ0) is 33.7. The summed E-state index contributed by atoms with van der Waals surface area (Å²) in [6.45, 7) is 1.80. The molecule has 3 aromatic carbocycles. The smallest absolute Gasteiger partial charge is 0.344 e. The molecule has 47 heavy (non-hydrogen) atoms. The summed E-state index contributed by atoms with van der Waals surface area (Å²) in [4.78, 5) is 48.6. The van der Waals surface area contributed by atoms with Crippen molar-refractivity contribution in [2.75, 3.05) is 37.9 Å². The number of fused-ring (bicyclic) bond motifs is 1. The number of hydrogen-bond acceptors (Lipinski definition) is 13. The maximum absolute atomic E-state index is 13.6. The largest absolute Gasteiger partial charge is 0.492 e. The minimum Gasteiger partial charge on any atom is -0.492 e. The maximum Gasteiger partial charge on any atom is 0.344 e. The lowest BCUT2D eigenvalue weighted by Crippen LogP contribution is -2.44. The van der Waals surface area contributed by atoms with Crippen LogP contribution < -0.4 is 20.1 Å². The molecule has 1 aromatic heterocycles. The molecule has 0 spiro atoms. The molecule has 0 aliphatic carbocycles.